The average molecular weight is 264 g/mol. The third-order valence-electron chi connectivity index (χ3n) is 3.48. The highest BCUT2D eigenvalue weighted by Crippen LogP contribution is 2.20. The van der Waals surface area contributed by atoms with Gasteiger partial charge < -0.3 is 14.9 Å². The van der Waals surface area contributed by atoms with Crippen LogP contribution in [0.5, 0.6) is 0 Å². The van der Waals surface area contributed by atoms with Crippen LogP contribution in [-0.4, -0.2) is 36.1 Å². The fourth-order valence-electron chi connectivity index (χ4n) is 2.06. The highest BCUT2D eigenvalue weighted by atomic mass is 16.5. The van der Waals surface area contributed by atoms with Crippen molar-refractivity contribution >= 4 is 6.08 Å². The third-order valence-corrected chi connectivity index (χ3v) is 3.48. The molecule has 0 aliphatic rings. The molecule has 0 spiro atoms. The van der Waals surface area contributed by atoms with Crippen LogP contribution in [0.1, 0.15) is 19.4 Å². The lowest BCUT2D eigenvalue weighted by atomic mass is 9.89. The van der Waals surface area contributed by atoms with Crippen molar-refractivity contribution in [3.8, 4) is 0 Å². The van der Waals surface area contributed by atoms with E-state index in [2.05, 4.69) is 0 Å². The quantitative estimate of drug-likeness (QED) is 0.794. The molecule has 3 heteroatoms. The van der Waals surface area contributed by atoms with E-state index in [1.54, 1.807) is 7.11 Å². The molecule has 4 atom stereocenters. The highest BCUT2D eigenvalue weighted by Gasteiger charge is 2.26. The monoisotopic (exact) mass is 264 g/mol. The van der Waals surface area contributed by atoms with Gasteiger partial charge in [0.05, 0.1) is 12.2 Å². The molecule has 1 aromatic rings. The summed E-state index contributed by atoms with van der Waals surface area (Å²) in [5, 5.41) is 19.2. The Hall–Kier alpha value is -1.16. The Balaban J connectivity index is 2.70. The summed E-state index contributed by atoms with van der Waals surface area (Å²) < 4.78 is 5.42. The standard InChI is InChI=1S/C16H24O3/c1-12(11-17)16(18)13(2)15(19-3)10-9-14-7-5-4-6-8-14/h4-10,12-13,15-18H,11H2,1-3H3/b10-9+/t12-,13-,15-,16-/m1/s1. The van der Waals surface area contributed by atoms with Crippen LogP contribution in [-0.2, 0) is 4.74 Å². The van der Waals surface area contributed by atoms with Gasteiger partial charge in [0.1, 0.15) is 0 Å². The van der Waals surface area contributed by atoms with Crippen LogP contribution in [0.15, 0.2) is 36.4 Å². The molecule has 1 rings (SSSR count). The largest absolute Gasteiger partial charge is 0.396 e. The first-order chi connectivity index (χ1) is 9.10. The Morgan fingerprint density at radius 1 is 1.21 bits per heavy atom. The van der Waals surface area contributed by atoms with E-state index >= 15 is 0 Å². The number of methoxy groups -OCH3 is 1. The SMILES string of the molecule is CO[C@H](/C=C/c1ccccc1)[C@@H](C)[C@H](O)[C@H](C)CO. The Kier molecular flexibility index (Phi) is 6.78. The number of benzene rings is 1. The number of hydrogen-bond acceptors (Lipinski definition) is 3. The fourth-order valence-corrected chi connectivity index (χ4v) is 2.06. The number of rotatable bonds is 7. The first-order valence-electron chi connectivity index (χ1n) is 6.65. The Bertz CT molecular complexity index is 375. The molecule has 3 nitrogen and oxygen atoms in total. The Morgan fingerprint density at radius 3 is 2.37 bits per heavy atom. The summed E-state index contributed by atoms with van der Waals surface area (Å²) in [6.07, 6.45) is 3.17. The van der Waals surface area contributed by atoms with Crippen LogP contribution < -0.4 is 0 Å². The van der Waals surface area contributed by atoms with E-state index in [0.717, 1.165) is 5.56 Å². The zero-order valence-corrected chi connectivity index (χ0v) is 11.9. The number of aliphatic hydroxyl groups is 2. The smallest absolute Gasteiger partial charge is 0.0805 e. The molecular weight excluding hydrogens is 240 g/mol. The van der Waals surface area contributed by atoms with Crippen molar-refractivity contribution in [2.45, 2.75) is 26.1 Å². The molecule has 0 radical (unpaired) electrons. The van der Waals surface area contributed by atoms with E-state index in [-0.39, 0.29) is 24.5 Å². The molecule has 0 amide bonds. The van der Waals surface area contributed by atoms with Gasteiger partial charge in [0.2, 0.25) is 0 Å². The van der Waals surface area contributed by atoms with Gasteiger partial charge in [-0.3, -0.25) is 0 Å². The summed E-state index contributed by atoms with van der Waals surface area (Å²) >= 11 is 0. The zero-order chi connectivity index (χ0) is 14.3. The second kappa shape index (κ2) is 8.10. The van der Waals surface area contributed by atoms with Crippen molar-refractivity contribution in [3.63, 3.8) is 0 Å². The van der Waals surface area contributed by atoms with Crippen LogP contribution in [0, 0.1) is 11.8 Å². The number of ether oxygens (including phenoxy) is 1. The molecule has 0 unspecified atom stereocenters. The maximum atomic E-state index is 10.1. The van der Waals surface area contributed by atoms with Gasteiger partial charge in [0.15, 0.2) is 0 Å². The molecule has 0 aliphatic carbocycles. The fraction of sp³-hybridized carbons (Fsp3) is 0.500. The molecule has 0 bridgehead atoms. The minimum Gasteiger partial charge on any atom is -0.396 e. The molecule has 0 aliphatic heterocycles. The van der Waals surface area contributed by atoms with Gasteiger partial charge in [0, 0.05) is 25.6 Å². The van der Waals surface area contributed by atoms with E-state index < -0.39 is 6.10 Å². The normalized spacial score (nSPS) is 18.2. The van der Waals surface area contributed by atoms with E-state index in [1.165, 1.54) is 0 Å². The molecule has 0 heterocycles. The summed E-state index contributed by atoms with van der Waals surface area (Å²) in [4.78, 5) is 0. The molecular formula is C16H24O3. The van der Waals surface area contributed by atoms with E-state index in [4.69, 9.17) is 9.84 Å². The molecule has 19 heavy (non-hydrogen) atoms. The maximum Gasteiger partial charge on any atom is 0.0805 e. The Labute approximate surface area is 115 Å². The van der Waals surface area contributed by atoms with Gasteiger partial charge in [-0.2, -0.15) is 0 Å². The van der Waals surface area contributed by atoms with Crippen LogP contribution in [0.3, 0.4) is 0 Å². The molecule has 1 aromatic carbocycles. The Morgan fingerprint density at radius 2 is 1.84 bits per heavy atom. The van der Waals surface area contributed by atoms with Gasteiger partial charge in [-0.1, -0.05) is 56.3 Å². The maximum absolute atomic E-state index is 10.1. The van der Waals surface area contributed by atoms with Gasteiger partial charge in [-0.05, 0) is 5.56 Å². The summed E-state index contributed by atoms with van der Waals surface area (Å²) in [6.45, 7) is 3.74. The van der Waals surface area contributed by atoms with Crippen molar-refractivity contribution in [2.75, 3.05) is 13.7 Å². The highest BCUT2D eigenvalue weighted by molar-refractivity contribution is 5.49. The van der Waals surface area contributed by atoms with Crippen LogP contribution in [0.2, 0.25) is 0 Å². The lowest BCUT2D eigenvalue weighted by molar-refractivity contribution is -0.0185. The van der Waals surface area contributed by atoms with Crippen molar-refractivity contribution < 1.29 is 14.9 Å². The summed E-state index contributed by atoms with van der Waals surface area (Å²) in [5.74, 6) is -0.232. The predicted molar refractivity (Wildman–Crippen MR) is 77.7 cm³/mol. The first-order valence-corrected chi connectivity index (χ1v) is 6.65. The number of hydrogen-bond donors (Lipinski definition) is 2. The minimum absolute atomic E-state index is 0.0235. The van der Waals surface area contributed by atoms with Crippen molar-refractivity contribution in [2.24, 2.45) is 11.8 Å². The van der Waals surface area contributed by atoms with Crippen molar-refractivity contribution in [1.29, 1.82) is 0 Å². The summed E-state index contributed by atoms with van der Waals surface area (Å²) in [6, 6.07) is 9.96. The zero-order valence-electron chi connectivity index (χ0n) is 11.9. The molecule has 2 N–H and O–H groups in total. The van der Waals surface area contributed by atoms with Crippen LogP contribution in [0.25, 0.3) is 6.08 Å². The second-order valence-corrected chi connectivity index (χ2v) is 4.98. The van der Waals surface area contributed by atoms with Crippen molar-refractivity contribution in [1.82, 2.24) is 0 Å². The van der Waals surface area contributed by atoms with Gasteiger partial charge in [-0.25, -0.2) is 0 Å². The molecule has 0 aromatic heterocycles. The van der Waals surface area contributed by atoms with E-state index in [0.29, 0.717) is 0 Å². The van der Waals surface area contributed by atoms with E-state index in [1.807, 2.05) is 56.3 Å². The lowest BCUT2D eigenvalue weighted by Crippen LogP contribution is -2.35. The van der Waals surface area contributed by atoms with Gasteiger partial charge in [0.25, 0.3) is 0 Å². The summed E-state index contributed by atoms with van der Waals surface area (Å²) in [7, 11) is 1.63. The average Bonchev–Trinajstić information content (AvgIpc) is 2.47. The summed E-state index contributed by atoms with van der Waals surface area (Å²) in [5.41, 5.74) is 1.10. The minimum atomic E-state index is -0.588. The second-order valence-electron chi connectivity index (χ2n) is 4.98. The van der Waals surface area contributed by atoms with Gasteiger partial charge in [-0.15, -0.1) is 0 Å². The number of aliphatic hydroxyl groups excluding tert-OH is 2. The topological polar surface area (TPSA) is 49.7 Å². The van der Waals surface area contributed by atoms with Crippen molar-refractivity contribution in [3.05, 3.63) is 42.0 Å². The first kappa shape index (κ1) is 15.9. The lowest BCUT2D eigenvalue weighted by Gasteiger charge is -2.28. The van der Waals surface area contributed by atoms with Crippen LogP contribution >= 0.6 is 0 Å². The third kappa shape index (κ3) is 4.78. The van der Waals surface area contributed by atoms with Gasteiger partial charge >= 0.3 is 0 Å². The van der Waals surface area contributed by atoms with Crippen LogP contribution in [0.4, 0.5) is 0 Å². The molecule has 106 valence electrons. The molecule has 0 saturated heterocycles. The molecule has 0 fully saturated rings. The van der Waals surface area contributed by atoms with E-state index in [9.17, 15) is 5.11 Å². The predicted octanol–water partition coefficient (Wildman–Crippen LogP) is 2.34. The molecule has 0 saturated carbocycles.